The molecule has 0 heterocycles. The van der Waals surface area contributed by atoms with Gasteiger partial charge in [0.1, 0.15) is 0 Å². The largest absolute Gasteiger partial charge is 0.320 e. The molecule has 3 N–H and O–H groups in total. The van der Waals surface area contributed by atoms with Gasteiger partial charge in [-0.1, -0.05) is 17.9 Å². The number of hydrogen-bond acceptors (Lipinski definition) is 3. The van der Waals surface area contributed by atoms with Gasteiger partial charge in [0, 0.05) is 11.3 Å². The number of rotatable bonds is 4. The van der Waals surface area contributed by atoms with Gasteiger partial charge in [0.05, 0.1) is 12.3 Å². The molecule has 0 amide bonds. The maximum Gasteiger partial charge on any atom is 0.232 e. The smallest absolute Gasteiger partial charge is 0.232 e. The van der Waals surface area contributed by atoms with Gasteiger partial charge in [-0.2, -0.15) is 0 Å². The molecule has 0 bridgehead atoms. The fourth-order valence-corrected chi connectivity index (χ4v) is 3.31. The highest BCUT2D eigenvalue weighted by molar-refractivity contribution is 7.92. The summed E-state index contributed by atoms with van der Waals surface area (Å²) < 4.78 is 26.4. The van der Waals surface area contributed by atoms with E-state index in [0.717, 1.165) is 24.0 Å². The van der Waals surface area contributed by atoms with Gasteiger partial charge < -0.3 is 5.73 Å². The minimum atomic E-state index is -3.24. The molecule has 1 aliphatic rings. The SMILES string of the molecule is Cc1ccc(NS(=O)(=O)CC2CC2)cc1C#CCN. The lowest BCUT2D eigenvalue weighted by Gasteiger charge is -2.09. The van der Waals surface area contributed by atoms with Gasteiger partial charge in [-0.15, -0.1) is 0 Å². The minimum absolute atomic E-state index is 0.213. The van der Waals surface area contributed by atoms with Crippen molar-refractivity contribution in [2.24, 2.45) is 11.7 Å². The van der Waals surface area contributed by atoms with Gasteiger partial charge in [-0.05, 0) is 43.4 Å². The summed E-state index contributed by atoms with van der Waals surface area (Å²) in [6, 6.07) is 5.37. The van der Waals surface area contributed by atoms with E-state index in [0.29, 0.717) is 11.6 Å². The number of nitrogens with one attached hydrogen (secondary N) is 1. The topological polar surface area (TPSA) is 72.2 Å². The summed E-state index contributed by atoms with van der Waals surface area (Å²) in [6.07, 6.45) is 2.03. The number of anilines is 1. The van der Waals surface area contributed by atoms with E-state index in [-0.39, 0.29) is 12.3 Å². The van der Waals surface area contributed by atoms with Crippen molar-refractivity contribution in [1.82, 2.24) is 0 Å². The molecular weight excluding hydrogens is 260 g/mol. The molecule has 1 saturated carbocycles. The fraction of sp³-hybridized carbons (Fsp3) is 0.429. The molecule has 1 aromatic rings. The minimum Gasteiger partial charge on any atom is -0.320 e. The van der Waals surface area contributed by atoms with E-state index in [1.165, 1.54) is 0 Å². The molecule has 1 aromatic carbocycles. The van der Waals surface area contributed by atoms with E-state index in [1.54, 1.807) is 12.1 Å². The van der Waals surface area contributed by atoms with Crippen LogP contribution in [-0.4, -0.2) is 20.7 Å². The summed E-state index contributed by atoms with van der Waals surface area (Å²) in [5, 5.41) is 0. The lowest BCUT2D eigenvalue weighted by atomic mass is 10.1. The average molecular weight is 278 g/mol. The first kappa shape index (κ1) is 13.9. The van der Waals surface area contributed by atoms with Crippen molar-refractivity contribution in [1.29, 1.82) is 0 Å². The Bertz CT molecular complexity index is 623. The Kier molecular flexibility index (Phi) is 4.13. The molecule has 1 fully saturated rings. The van der Waals surface area contributed by atoms with Crippen LogP contribution in [0.5, 0.6) is 0 Å². The highest BCUT2D eigenvalue weighted by Crippen LogP contribution is 2.30. The lowest BCUT2D eigenvalue weighted by molar-refractivity contribution is 0.597. The van der Waals surface area contributed by atoms with E-state index in [4.69, 9.17) is 5.73 Å². The van der Waals surface area contributed by atoms with Gasteiger partial charge in [0.15, 0.2) is 0 Å². The van der Waals surface area contributed by atoms with Crippen LogP contribution in [0.3, 0.4) is 0 Å². The monoisotopic (exact) mass is 278 g/mol. The maximum absolute atomic E-state index is 11.9. The molecular formula is C14H18N2O2S. The zero-order valence-corrected chi connectivity index (χ0v) is 11.8. The first-order valence-corrected chi connectivity index (χ1v) is 7.95. The van der Waals surface area contributed by atoms with E-state index >= 15 is 0 Å². The Balaban J connectivity index is 2.16. The molecule has 0 unspecified atom stereocenters. The van der Waals surface area contributed by atoms with E-state index < -0.39 is 10.0 Å². The van der Waals surface area contributed by atoms with Crippen molar-refractivity contribution in [3.05, 3.63) is 29.3 Å². The van der Waals surface area contributed by atoms with Crippen LogP contribution in [0.15, 0.2) is 18.2 Å². The van der Waals surface area contributed by atoms with Crippen molar-refractivity contribution in [2.45, 2.75) is 19.8 Å². The highest BCUT2D eigenvalue weighted by atomic mass is 32.2. The first-order valence-electron chi connectivity index (χ1n) is 6.30. The number of hydrogen-bond donors (Lipinski definition) is 2. The molecule has 4 nitrogen and oxygen atoms in total. The standard InChI is InChI=1S/C14H18N2O2S/c1-11-4-7-14(9-13(11)3-2-8-15)16-19(17,18)10-12-5-6-12/h4,7,9,12,16H,5-6,8,10,15H2,1H3. The normalized spacial score (nSPS) is 14.6. The first-order chi connectivity index (χ1) is 9.00. The summed E-state index contributed by atoms with van der Waals surface area (Å²) in [4.78, 5) is 0. The number of aryl methyl sites for hydroxylation is 1. The predicted octanol–water partition coefficient (Wildman–Crippen LogP) is 1.46. The molecule has 0 aliphatic heterocycles. The summed E-state index contributed by atoms with van der Waals surface area (Å²) in [5.74, 6) is 6.27. The lowest BCUT2D eigenvalue weighted by Crippen LogP contribution is -2.17. The Morgan fingerprint density at radius 3 is 2.79 bits per heavy atom. The Morgan fingerprint density at radius 1 is 1.42 bits per heavy atom. The van der Waals surface area contributed by atoms with Gasteiger partial charge in [-0.25, -0.2) is 8.42 Å². The van der Waals surface area contributed by atoms with Crippen LogP contribution < -0.4 is 10.5 Å². The Morgan fingerprint density at radius 2 is 2.16 bits per heavy atom. The molecule has 2 rings (SSSR count). The maximum atomic E-state index is 11.9. The van der Waals surface area contributed by atoms with E-state index in [2.05, 4.69) is 16.6 Å². The van der Waals surface area contributed by atoms with Crippen LogP contribution in [0.2, 0.25) is 0 Å². The molecule has 0 saturated heterocycles. The molecule has 102 valence electrons. The van der Waals surface area contributed by atoms with Crippen molar-refractivity contribution in [2.75, 3.05) is 17.0 Å². The predicted molar refractivity (Wildman–Crippen MR) is 77.2 cm³/mol. The van der Waals surface area contributed by atoms with Crippen LogP contribution in [0, 0.1) is 24.7 Å². The Hall–Kier alpha value is -1.51. The van der Waals surface area contributed by atoms with Gasteiger partial charge in [0.25, 0.3) is 0 Å². The van der Waals surface area contributed by atoms with Gasteiger partial charge in [-0.3, -0.25) is 4.72 Å². The van der Waals surface area contributed by atoms with E-state index in [9.17, 15) is 8.42 Å². The molecule has 0 spiro atoms. The Labute approximate surface area is 114 Å². The van der Waals surface area contributed by atoms with E-state index in [1.807, 2.05) is 13.0 Å². The molecule has 5 heteroatoms. The van der Waals surface area contributed by atoms with Crippen LogP contribution >= 0.6 is 0 Å². The van der Waals surface area contributed by atoms with Crippen LogP contribution in [0.4, 0.5) is 5.69 Å². The zero-order chi connectivity index (χ0) is 13.9. The summed E-state index contributed by atoms with van der Waals surface area (Å²) >= 11 is 0. The third-order valence-electron chi connectivity index (χ3n) is 2.99. The zero-order valence-electron chi connectivity index (χ0n) is 10.9. The second kappa shape index (κ2) is 5.64. The quantitative estimate of drug-likeness (QED) is 0.819. The highest BCUT2D eigenvalue weighted by Gasteiger charge is 2.27. The number of sulfonamides is 1. The number of benzene rings is 1. The average Bonchev–Trinajstić information content (AvgIpc) is 3.12. The third-order valence-corrected chi connectivity index (χ3v) is 4.45. The van der Waals surface area contributed by atoms with Crippen LogP contribution in [-0.2, 0) is 10.0 Å². The number of nitrogens with two attached hydrogens (primary N) is 1. The second-order valence-corrected chi connectivity index (χ2v) is 6.63. The second-order valence-electron chi connectivity index (χ2n) is 4.86. The van der Waals surface area contributed by atoms with Crippen LogP contribution in [0.25, 0.3) is 0 Å². The summed E-state index contributed by atoms with van der Waals surface area (Å²) in [5.41, 5.74) is 7.71. The summed E-state index contributed by atoms with van der Waals surface area (Å²) in [7, 11) is -3.24. The third kappa shape index (κ3) is 4.27. The van der Waals surface area contributed by atoms with Gasteiger partial charge >= 0.3 is 0 Å². The fourth-order valence-electron chi connectivity index (χ4n) is 1.78. The van der Waals surface area contributed by atoms with Crippen molar-refractivity contribution < 1.29 is 8.42 Å². The van der Waals surface area contributed by atoms with Crippen molar-refractivity contribution in [3.63, 3.8) is 0 Å². The summed E-state index contributed by atoms with van der Waals surface area (Å²) in [6.45, 7) is 2.22. The van der Waals surface area contributed by atoms with Crippen molar-refractivity contribution >= 4 is 15.7 Å². The molecule has 0 atom stereocenters. The molecule has 19 heavy (non-hydrogen) atoms. The molecule has 0 radical (unpaired) electrons. The molecule has 0 aromatic heterocycles. The van der Waals surface area contributed by atoms with Gasteiger partial charge in [0.2, 0.25) is 10.0 Å². The van der Waals surface area contributed by atoms with Crippen molar-refractivity contribution in [3.8, 4) is 11.8 Å². The molecule has 1 aliphatic carbocycles. The van der Waals surface area contributed by atoms with Crippen LogP contribution in [0.1, 0.15) is 24.0 Å².